The van der Waals surface area contributed by atoms with Gasteiger partial charge in [0.25, 0.3) is 0 Å². The van der Waals surface area contributed by atoms with Crippen molar-refractivity contribution < 1.29 is 4.74 Å². The topological polar surface area (TPSA) is 40.2 Å². The lowest BCUT2D eigenvalue weighted by Gasteiger charge is -2.08. The Morgan fingerprint density at radius 3 is 2.65 bits per heavy atom. The SMILES string of the molecule is Cc1cccc(OCc2cc3c(N)cccc3n2C)c1. The summed E-state index contributed by atoms with van der Waals surface area (Å²) in [5, 5.41) is 1.08. The number of ether oxygens (including phenoxy) is 1. The van der Waals surface area contributed by atoms with Crippen molar-refractivity contribution in [2.45, 2.75) is 13.5 Å². The van der Waals surface area contributed by atoms with Crippen molar-refractivity contribution in [1.82, 2.24) is 4.57 Å². The fourth-order valence-corrected chi connectivity index (χ4v) is 2.44. The second kappa shape index (κ2) is 4.93. The number of benzene rings is 2. The lowest BCUT2D eigenvalue weighted by Crippen LogP contribution is -2.01. The Bertz CT molecular complexity index is 759. The van der Waals surface area contributed by atoms with Gasteiger partial charge in [-0.05, 0) is 42.8 Å². The summed E-state index contributed by atoms with van der Waals surface area (Å²) in [4.78, 5) is 0. The van der Waals surface area contributed by atoms with Gasteiger partial charge in [0.1, 0.15) is 12.4 Å². The third kappa shape index (κ3) is 2.23. The third-order valence-corrected chi connectivity index (χ3v) is 3.60. The molecule has 0 aliphatic rings. The number of nitrogen functional groups attached to an aromatic ring is 1. The molecule has 0 radical (unpaired) electrons. The highest BCUT2D eigenvalue weighted by atomic mass is 16.5. The Balaban J connectivity index is 1.88. The maximum Gasteiger partial charge on any atom is 0.128 e. The van der Waals surface area contributed by atoms with Crippen LogP contribution < -0.4 is 10.5 Å². The van der Waals surface area contributed by atoms with Crippen molar-refractivity contribution in [2.75, 3.05) is 5.73 Å². The standard InChI is InChI=1S/C17H18N2O/c1-12-5-3-6-14(9-12)20-11-13-10-15-16(18)7-4-8-17(15)19(13)2/h3-10H,11,18H2,1-2H3. The second-order valence-electron chi connectivity index (χ2n) is 5.08. The number of anilines is 1. The fraction of sp³-hybridized carbons (Fsp3) is 0.176. The highest BCUT2D eigenvalue weighted by Crippen LogP contribution is 2.25. The van der Waals surface area contributed by atoms with Crippen molar-refractivity contribution >= 4 is 16.6 Å². The fourth-order valence-electron chi connectivity index (χ4n) is 2.44. The molecule has 3 rings (SSSR count). The van der Waals surface area contributed by atoms with E-state index in [0.717, 1.165) is 28.0 Å². The molecule has 1 aromatic heterocycles. The predicted molar refractivity (Wildman–Crippen MR) is 82.8 cm³/mol. The van der Waals surface area contributed by atoms with Crippen LogP contribution in [0.4, 0.5) is 5.69 Å². The van der Waals surface area contributed by atoms with Gasteiger partial charge in [-0.1, -0.05) is 18.2 Å². The van der Waals surface area contributed by atoms with E-state index in [1.54, 1.807) is 0 Å². The van der Waals surface area contributed by atoms with Gasteiger partial charge in [0.15, 0.2) is 0 Å². The Kier molecular flexibility index (Phi) is 3.11. The summed E-state index contributed by atoms with van der Waals surface area (Å²) < 4.78 is 7.99. The van der Waals surface area contributed by atoms with Crippen molar-refractivity contribution in [3.8, 4) is 5.75 Å². The molecule has 0 unspecified atom stereocenters. The molecule has 20 heavy (non-hydrogen) atoms. The summed E-state index contributed by atoms with van der Waals surface area (Å²) in [7, 11) is 2.04. The van der Waals surface area contributed by atoms with Gasteiger partial charge in [-0.15, -0.1) is 0 Å². The van der Waals surface area contributed by atoms with Crippen LogP contribution in [0.2, 0.25) is 0 Å². The van der Waals surface area contributed by atoms with E-state index in [0.29, 0.717) is 6.61 Å². The molecule has 0 bridgehead atoms. The molecule has 0 saturated heterocycles. The quantitative estimate of drug-likeness (QED) is 0.735. The van der Waals surface area contributed by atoms with Crippen molar-refractivity contribution in [2.24, 2.45) is 7.05 Å². The van der Waals surface area contributed by atoms with Crippen LogP contribution in [0, 0.1) is 6.92 Å². The van der Waals surface area contributed by atoms with Crippen LogP contribution in [0.1, 0.15) is 11.3 Å². The summed E-state index contributed by atoms with van der Waals surface area (Å²) in [6, 6.07) is 16.1. The van der Waals surface area contributed by atoms with E-state index in [1.807, 2.05) is 37.4 Å². The third-order valence-electron chi connectivity index (χ3n) is 3.60. The molecule has 3 heteroatoms. The number of aromatic nitrogens is 1. The molecule has 2 aromatic carbocycles. The minimum Gasteiger partial charge on any atom is -0.487 e. The van der Waals surface area contributed by atoms with Gasteiger partial charge in [-0.3, -0.25) is 0 Å². The molecular weight excluding hydrogens is 248 g/mol. The molecule has 0 aliphatic heterocycles. The molecule has 3 aromatic rings. The minimum absolute atomic E-state index is 0.536. The van der Waals surface area contributed by atoms with E-state index in [2.05, 4.69) is 29.7 Å². The average molecular weight is 266 g/mol. The van der Waals surface area contributed by atoms with E-state index in [-0.39, 0.29) is 0 Å². The van der Waals surface area contributed by atoms with Gasteiger partial charge in [-0.2, -0.15) is 0 Å². The molecule has 0 amide bonds. The summed E-state index contributed by atoms with van der Waals surface area (Å²) >= 11 is 0. The number of nitrogens with two attached hydrogens (primary N) is 1. The molecule has 0 aliphatic carbocycles. The first-order valence-corrected chi connectivity index (χ1v) is 6.67. The summed E-state index contributed by atoms with van der Waals surface area (Å²) in [6.45, 7) is 2.60. The number of rotatable bonds is 3. The van der Waals surface area contributed by atoms with Gasteiger partial charge in [-0.25, -0.2) is 0 Å². The summed E-state index contributed by atoms with van der Waals surface area (Å²) in [5.74, 6) is 0.892. The highest BCUT2D eigenvalue weighted by molar-refractivity contribution is 5.92. The number of hydrogen-bond acceptors (Lipinski definition) is 2. The smallest absolute Gasteiger partial charge is 0.128 e. The molecule has 0 spiro atoms. The molecule has 0 fully saturated rings. The summed E-state index contributed by atoms with van der Waals surface area (Å²) in [5.41, 5.74) is 10.3. The zero-order chi connectivity index (χ0) is 14.1. The van der Waals surface area contributed by atoms with Crippen LogP contribution in [0.3, 0.4) is 0 Å². The maximum atomic E-state index is 6.01. The first kappa shape index (κ1) is 12.6. The Morgan fingerprint density at radius 2 is 1.90 bits per heavy atom. The molecular formula is C17H18N2O. The maximum absolute atomic E-state index is 6.01. The monoisotopic (exact) mass is 266 g/mol. The van der Waals surface area contributed by atoms with E-state index in [4.69, 9.17) is 10.5 Å². The van der Waals surface area contributed by atoms with Gasteiger partial charge in [0.05, 0.1) is 11.2 Å². The van der Waals surface area contributed by atoms with Crippen LogP contribution >= 0.6 is 0 Å². The minimum atomic E-state index is 0.536. The van der Waals surface area contributed by atoms with Crippen LogP contribution in [-0.2, 0) is 13.7 Å². The first-order valence-electron chi connectivity index (χ1n) is 6.67. The molecule has 102 valence electrons. The predicted octanol–water partition coefficient (Wildman–Crippen LogP) is 3.65. The molecule has 1 heterocycles. The first-order chi connectivity index (χ1) is 9.65. The molecule has 2 N–H and O–H groups in total. The lowest BCUT2D eigenvalue weighted by molar-refractivity contribution is 0.297. The normalized spacial score (nSPS) is 10.9. The van der Waals surface area contributed by atoms with E-state index in [1.165, 1.54) is 5.56 Å². The Hall–Kier alpha value is -2.42. The number of hydrogen-bond donors (Lipinski definition) is 1. The molecule has 0 saturated carbocycles. The average Bonchev–Trinajstić information content (AvgIpc) is 2.75. The lowest BCUT2D eigenvalue weighted by atomic mass is 10.2. The highest BCUT2D eigenvalue weighted by Gasteiger charge is 2.08. The molecule has 3 nitrogen and oxygen atoms in total. The van der Waals surface area contributed by atoms with Crippen LogP contribution in [0.25, 0.3) is 10.9 Å². The number of fused-ring (bicyclic) bond motifs is 1. The van der Waals surface area contributed by atoms with Gasteiger partial charge >= 0.3 is 0 Å². The van der Waals surface area contributed by atoms with Gasteiger partial charge < -0.3 is 15.0 Å². The van der Waals surface area contributed by atoms with Crippen LogP contribution in [-0.4, -0.2) is 4.57 Å². The second-order valence-corrected chi connectivity index (χ2v) is 5.08. The van der Waals surface area contributed by atoms with E-state index >= 15 is 0 Å². The van der Waals surface area contributed by atoms with E-state index in [9.17, 15) is 0 Å². The van der Waals surface area contributed by atoms with Crippen LogP contribution in [0.15, 0.2) is 48.5 Å². The largest absolute Gasteiger partial charge is 0.487 e. The van der Waals surface area contributed by atoms with Crippen molar-refractivity contribution in [1.29, 1.82) is 0 Å². The van der Waals surface area contributed by atoms with Crippen LogP contribution in [0.5, 0.6) is 5.75 Å². The zero-order valence-electron chi connectivity index (χ0n) is 11.8. The number of aryl methyl sites for hydroxylation is 2. The number of nitrogens with zero attached hydrogens (tertiary/aromatic N) is 1. The molecule has 0 atom stereocenters. The van der Waals surface area contributed by atoms with Crippen molar-refractivity contribution in [3.63, 3.8) is 0 Å². The Labute approximate surface area is 118 Å². The summed E-state index contributed by atoms with van der Waals surface area (Å²) in [6.07, 6.45) is 0. The Morgan fingerprint density at radius 1 is 1.10 bits per heavy atom. The van der Waals surface area contributed by atoms with E-state index < -0.39 is 0 Å². The zero-order valence-corrected chi connectivity index (χ0v) is 11.8. The van der Waals surface area contributed by atoms with Gasteiger partial charge in [0, 0.05) is 18.1 Å². The van der Waals surface area contributed by atoms with Crippen molar-refractivity contribution in [3.05, 3.63) is 59.8 Å². The van der Waals surface area contributed by atoms with Gasteiger partial charge in [0.2, 0.25) is 0 Å².